The van der Waals surface area contributed by atoms with Crippen molar-refractivity contribution in [3.05, 3.63) is 24.4 Å². The molecular weight excluding hydrogens is 300 g/mol. The number of amides is 1. The number of rotatable bonds is 6. The highest BCUT2D eigenvalue weighted by atomic mass is 16.2. The van der Waals surface area contributed by atoms with Crippen molar-refractivity contribution in [2.24, 2.45) is 5.92 Å². The lowest BCUT2D eigenvalue weighted by molar-refractivity contribution is -0.136. The van der Waals surface area contributed by atoms with Gasteiger partial charge in [0.1, 0.15) is 5.82 Å². The van der Waals surface area contributed by atoms with Crippen LogP contribution < -0.4 is 5.32 Å². The Balaban J connectivity index is 1.43. The third-order valence-electron chi connectivity index (χ3n) is 5.38. The van der Waals surface area contributed by atoms with E-state index in [1.54, 1.807) is 0 Å². The first-order chi connectivity index (χ1) is 11.8. The lowest BCUT2D eigenvalue weighted by Crippen LogP contribution is -2.47. The number of carbonyl (C=O) groups is 1. The number of aromatic nitrogens is 1. The van der Waals surface area contributed by atoms with E-state index in [-0.39, 0.29) is 0 Å². The minimum absolute atomic E-state index is 0.333. The van der Waals surface area contributed by atoms with Crippen molar-refractivity contribution in [1.82, 2.24) is 14.8 Å². The van der Waals surface area contributed by atoms with Gasteiger partial charge in [0.25, 0.3) is 0 Å². The minimum atomic E-state index is 0.333. The van der Waals surface area contributed by atoms with E-state index in [2.05, 4.69) is 27.0 Å². The molecule has 1 N–H and O–H groups in total. The first-order valence-electron chi connectivity index (χ1n) is 9.43. The van der Waals surface area contributed by atoms with Crippen LogP contribution in [0.1, 0.15) is 39.0 Å². The number of nitrogens with zero attached hydrogens (tertiary/aromatic N) is 3. The minimum Gasteiger partial charge on any atom is -0.370 e. The van der Waals surface area contributed by atoms with Crippen molar-refractivity contribution in [2.45, 2.75) is 45.1 Å². The highest BCUT2D eigenvalue weighted by molar-refractivity contribution is 5.78. The molecule has 2 aliphatic heterocycles. The van der Waals surface area contributed by atoms with Gasteiger partial charge in [-0.1, -0.05) is 13.0 Å². The lowest BCUT2D eigenvalue weighted by Gasteiger charge is -2.36. The monoisotopic (exact) mass is 330 g/mol. The molecule has 3 heterocycles. The van der Waals surface area contributed by atoms with Gasteiger partial charge in [-0.3, -0.25) is 9.69 Å². The van der Waals surface area contributed by atoms with E-state index >= 15 is 0 Å². The molecule has 0 aliphatic carbocycles. The number of anilines is 1. The molecule has 5 heteroatoms. The molecule has 0 unspecified atom stereocenters. The van der Waals surface area contributed by atoms with E-state index < -0.39 is 0 Å². The van der Waals surface area contributed by atoms with E-state index in [0.29, 0.717) is 24.4 Å². The standard InChI is InChI=1S/C19H30N4O/c1-2-17-7-4-6-11-23(17)19(24)15-22-12-9-16(14-22)13-21-18-8-3-5-10-20-18/h3,5,8,10,16-17H,2,4,6-7,9,11-15H2,1H3,(H,20,21)/t16-,17-/m0/s1. The highest BCUT2D eigenvalue weighted by Crippen LogP contribution is 2.21. The third-order valence-corrected chi connectivity index (χ3v) is 5.38. The number of hydrogen-bond donors (Lipinski definition) is 1. The molecule has 3 rings (SSSR count). The number of nitrogens with one attached hydrogen (secondary N) is 1. The number of hydrogen-bond acceptors (Lipinski definition) is 4. The summed E-state index contributed by atoms with van der Waals surface area (Å²) in [5, 5.41) is 3.41. The molecule has 1 aromatic rings. The summed E-state index contributed by atoms with van der Waals surface area (Å²) in [6.07, 6.45) is 7.67. The molecule has 132 valence electrons. The smallest absolute Gasteiger partial charge is 0.236 e. The van der Waals surface area contributed by atoms with Crippen LogP contribution in [0.4, 0.5) is 5.82 Å². The van der Waals surface area contributed by atoms with Crippen molar-refractivity contribution in [2.75, 3.05) is 38.0 Å². The molecule has 0 bridgehead atoms. The Morgan fingerprint density at radius 2 is 2.21 bits per heavy atom. The van der Waals surface area contributed by atoms with Gasteiger partial charge in [-0.05, 0) is 56.7 Å². The summed E-state index contributed by atoms with van der Waals surface area (Å²) in [6.45, 7) is 6.72. The summed E-state index contributed by atoms with van der Waals surface area (Å²) in [6, 6.07) is 6.39. The van der Waals surface area contributed by atoms with Crippen LogP contribution in [0.15, 0.2) is 24.4 Å². The van der Waals surface area contributed by atoms with Gasteiger partial charge in [0.05, 0.1) is 6.54 Å². The summed E-state index contributed by atoms with van der Waals surface area (Å²) < 4.78 is 0. The van der Waals surface area contributed by atoms with Crippen molar-refractivity contribution in [1.29, 1.82) is 0 Å². The molecule has 1 amide bonds. The van der Waals surface area contributed by atoms with Crippen molar-refractivity contribution < 1.29 is 4.79 Å². The predicted octanol–water partition coefficient (Wildman–Crippen LogP) is 2.61. The summed E-state index contributed by atoms with van der Waals surface area (Å²) >= 11 is 0. The Morgan fingerprint density at radius 3 is 3.00 bits per heavy atom. The van der Waals surface area contributed by atoms with Gasteiger partial charge < -0.3 is 10.2 Å². The third kappa shape index (κ3) is 4.47. The van der Waals surface area contributed by atoms with Gasteiger partial charge in [-0.15, -0.1) is 0 Å². The SMILES string of the molecule is CC[C@H]1CCCCN1C(=O)CN1CC[C@@H](CNc2ccccn2)C1. The first-order valence-corrected chi connectivity index (χ1v) is 9.43. The van der Waals surface area contributed by atoms with Gasteiger partial charge in [0.15, 0.2) is 0 Å². The van der Waals surface area contributed by atoms with E-state index in [1.807, 2.05) is 24.4 Å². The van der Waals surface area contributed by atoms with Gasteiger partial charge in [0, 0.05) is 31.9 Å². The van der Waals surface area contributed by atoms with Crippen molar-refractivity contribution in [3.63, 3.8) is 0 Å². The Hall–Kier alpha value is -1.62. The fraction of sp³-hybridized carbons (Fsp3) is 0.684. The van der Waals surface area contributed by atoms with Crippen LogP contribution in [0, 0.1) is 5.92 Å². The largest absolute Gasteiger partial charge is 0.370 e. The summed E-state index contributed by atoms with van der Waals surface area (Å²) in [5.41, 5.74) is 0. The maximum Gasteiger partial charge on any atom is 0.236 e. The number of likely N-dealkylation sites (tertiary alicyclic amines) is 2. The number of pyridine rings is 1. The fourth-order valence-electron chi connectivity index (χ4n) is 3.97. The van der Waals surface area contributed by atoms with E-state index in [4.69, 9.17) is 0 Å². The molecule has 0 spiro atoms. The van der Waals surface area contributed by atoms with Crippen LogP contribution in [-0.4, -0.2) is 59.5 Å². The van der Waals surface area contributed by atoms with Crippen LogP contribution >= 0.6 is 0 Å². The molecule has 0 aromatic carbocycles. The van der Waals surface area contributed by atoms with E-state index in [0.717, 1.165) is 44.8 Å². The molecule has 0 radical (unpaired) electrons. The molecular formula is C19H30N4O. The maximum absolute atomic E-state index is 12.7. The Kier molecular flexibility index (Phi) is 6.07. The van der Waals surface area contributed by atoms with Crippen molar-refractivity contribution in [3.8, 4) is 0 Å². The second-order valence-electron chi connectivity index (χ2n) is 7.13. The quantitative estimate of drug-likeness (QED) is 0.871. The van der Waals surface area contributed by atoms with Crippen LogP contribution in [0.3, 0.4) is 0 Å². The zero-order chi connectivity index (χ0) is 16.8. The summed E-state index contributed by atoms with van der Waals surface area (Å²) in [7, 11) is 0. The molecule has 24 heavy (non-hydrogen) atoms. The molecule has 1 aromatic heterocycles. The normalized spacial score (nSPS) is 25.0. The zero-order valence-corrected chi connectivity index (χ0v) is 14.8. The highest BCUT2D eigenvalue weighted by Gasteiger charge is 2.29. The second kappa shape index (κ2) is 8.47. The number of carbonyl (C=O) groups excluding carboxylic acids is 1. The van der Waals surface area contributed by atoms with Crippen molar-refractivity contribution >= 4 is 11.7 Å². The van der Waals surface area contributed by atoms with Crippen LogP contribution in [0.25, 0.3) is 0 Å². The van der Waals surface area contributed by atoms with Gasteiger partial charge in [-0.25, -0.2) is 4.98 Å². The van der Waals surface area contributed by atoms with Gasteiger partial charge in [0.2, 0.25) is 5.91 Å². The second-order valence-corrected chi connectivity index (χ2v) is 7.13. The average Bonchev–Trinajstić information content (AvgIpc) is 3.08. The zero-order valence-electron chi connectivity index (χ0n) is 14.8. The Bertz CT molecular complexity index is 521. The topological polar surface area (TPSA) is 48.5 Å². The van der Waals surface area contributed by atoms with Gasteiger partial charge in [-0.2, -0.15) is 0 Å². The Labute approximate surface area is 145 Å². The predicted molar refractivity (Wildman–Crippen MR) is 96.9 cm³/mol. The summed E-state index contributed by atoms with van der Waals surface area (Å²) in [4.78, 5) is 21.4. The first kappa shape index (κ1) is 17.2. The molecule has 2 fully saturated rings. The molecule has 2 saturated heterocycles. The van der Waals surface area contributed by atoms with Gasteiger partial charge >= 0.3 is 0 Å². The maximum atomic E-state index is 12.7. The molecule has 2 aliphatic rings. The average molecular weight is 330 g/mol. The van der Waals surface area contributed by atoms with Crippen LogP contribution in [-0.2, 0) is 4.79 Å². The number of piperidine rings is 1. The van der Waals surface area contributed by atoms with E-state index in [1.165, 1.54) is 19.3 Å². The molecule has 2 atom stereocenters. The van der Waals surface area contributed by atoms with Crippen LogP contribution in [0.2, 0.25) is 0 Å². The lowest BCUT2D eigenvalue weighted by atomic mass is 10.00. The fourth-order valence-corrected chi connectivity index (χ4v) is 3.97. The van der Waals surface area contributed by atoms with Crippen LogP contribution in [0.5, 0.6) is 0 Å². The molecule has 0 saturated carbocycles. The molecule has 5 nitrogen and oxygen atoms in total. The van der Waals surface area contributed by atoms with E-state index in [9.17, 15) is 4.79 Å². The Morgan fingerprint density at radius 1 is 1.29 bits per heavy atom. The summed E-state index contributed by atoms with van der Waals surface area (Å²) in [5.74, 6) is 1.87.